The maximum absolute atomic E-state index is 13.3. The maximum atomic E-state index is 13.3. The molecule has 0 amide bonds. The van der Waals surface area contributed by atoms with Gasteiger partial charge in [-0.05, 0) is 24.6 Å². The Balaban J connectivity index is 1.87. The van der Waals surface area contributed by atoms with Gasteiger partial charge in [-0.15, -0.1) is 0 Å². The largest absolute Gasteiger partial charge is 0.464 e. The number of para-hydroxylation sites is 1. The minimum Gasteiger partial charge on any atom is -0.464 e. The molecule has 2 aromatic heterocycles. The summed E-state index contributed by atoms with van der Waals surface area (Å²) in [5.74, 6) is -0.818. The molecular formula is C24H28N2O3. The van der Waals surface area contributed by atoms with Crippen LogP contribution in [0.4, 0.5) is 0 Å². The summed E-state index contributed by atoms with van der Waals surface area (Å²) in [6, 6.07) is 11.2. The van der Waals surface area contributed by atoms with Crippen molar-refractivity contribution in [2.45, 2.75) is 52.0 Å². The number of aromatic nitrogens is 2. The first-order valence-electron chi connectivity index (χ1n) is 10.3. The minimum absolute atomic E-state index is 0.0488. The predicted molar refractivity (Wildman–Crippen MR) is 114 cm³/mol. The Morgan fingerprint density at radius 3 is 2.52 bits per heavy atom. The smallest absolute Gasteiger partial charge is 0.357 e. The summed E-state index contributed by atoms with van der Waals surface area (Å²) in [6.07, 6.45) is 10.7. The summed E-state index contributed by atoms with van der Waals surface area (Å²) in [6.45, 7) is 3.09. The number of hydrogen-bond donors (Lipinski definition) is 0. The zero-order chi connectivity index (χ0) is 20.6. The Morgan fingerprint density at radius 2 is 1.72 bits per heavy atom. The van der Waals surface area contributed by atoms with Crippen LogP contribution in [0.1, 0.15) is 71.9 Å². The van der Waals surface area contributed by atoms with Crippen molar-refractivity contribution in [3.63, 3.8) is 0 Å². The third-order valence-electron chi connectivity index (χ3n) is 5.22. The molecule has 0 radical (unpaired) electrons. The average molecular weight is 392 g/mol. The van der Waals surface area contributed by atoms with E-state index in [1.54, 1.807) is 12.1 Å². The molecule has 0 atom stereocenters. The van der Waals surface area contributed by atoms with Crippen LogP contribution in [0.5, 0.6) is 0 Å². The van der Waals surface area contributed by atoms with Crippen molar-refractivity contribution in [2.24, 2.45) is 0 Å². The number of fused-ring (bicyclic) bond motifs is 1. The Morgan fingerprint density at radius 1 is 0.966 bits per heavy atom. The number of pyridine rings is 1. The first-order chi connectivity index (χ1) is 14.2. The molecule has 0 aliphatic rings. The van der Waals surface area contributed by atoms with Gasteiger partial charge in [-0.1, -0.05) is 57.2 Å². The number of methoxy groups -OCH3 is 1. The third-order valence-corrected chi connectivity index (χ3v) is 5.22. The number of carbonyl (C=O) groups is 2. The fraction of sp³-hybridized carbons (Fsp3) is 0.375. The highest BCUT2D eigenvalue weighted by Crippen LogP contribution is 2.25. The summed E-state index contributed by atoms with van der Waals surface area (Å²) in [5.41, 5.74) is 1.94. The molecule has 0 bridgehead atoms. The summed E-state index contributed by atoms with van der Waals surface area (Å²) in [4.78, 5) is 29.4. The fourth-order valence-corrected chi connectivity index (χ4v) is 3.67. The fourth-order valence-electron chi connectivity index (χ4n) is 3.67. The van der Waals surface area contributed by atoms with Crippen LogP contribution in [0, 0.1) is 0 Å². The van der Waals surface area contributed by atoms with Crippen molar-refractivity contribution in [3.05, 3.63) is 65.6 Å². The van der Waals surface area contributed by atoms with Crippen LogP contribution in [0.15, 0.2) is 48.8 Å². The number of rotatable bonds is 10. The van der Waals surface area contributed by atoms with Gasteiger partial charge < -0.3 is 9.30 Å². The first-order valence-corrected chi connectivity index (χ1v) is 10.3. The number of unbranched alkanes of at least 4 members (excludes halogenated alkanes) is 5. The summed E-state index contributed by atoms with van der Waals surface area (Å²) < 4.78 is 6.94. The summed E-state index contributed by atoms with van der Waals surface area (Å²) in [7, 11) is 1.29. The lowest BCUT2D eigenvalue weighted by atomic mass is 10.0. The van der Waals surface area contributed by atoms with E-state index < -0.39 is 5.97 Å². The topological polar surface area (TPSA) is 61.2 Å². The minimum atomic E-state index is -0.607. The van der Waals surface area contributed by atoms with Crippen LogP contribution < -0.4 is 0 Å². The quantitative estimate of drug-likeness (QED) is 0.263. The van der Waals surface area contributed by atoms with Crippen LogP contribution >= 0.6 is 0 Å². The number of benzene rings is 1. The molecule has 0 unspecified atom stereocenters. The summed E-state index contributed by atoms with van der Waals surface area (Å²) >= 11 is 0. The van der Waals surface area contributed by atoms with Crippen molar-refractivity contribution in [3.8, 4) is 0 Å². The highest BCUT2D eigenvalue weighted by atomic mass is 16.5. The normalized spacial score (nSPS) is 11.0. The van der Waals surface area contributed by atoms with Gasteiger partial charge in [0.25, 0.3) is 0 Å². The molecule has 3 rings (SSSR count). The molecule has 0 fully saturated rings. The zero-order valence-electron chi connectivity index (χ0n) is 17.2. The van der Waals surface area contributed by atoms with E-state index >= 15 is 0 Å². The zero-order valence-corrected chi connectivity index (χ0v) is 17.2. The lowest BCUT2D eigenvalue weighted by molar-refractivity contribution is 0.0590. The number of hydrogen-bond acceptors (Lipinski definition) is 4. The van der Waals surface area contributed by atoms with Crippen LogP contribution in [-0.2, 0) is 11.3 Å². The first kappa shape index (κ1) is 20.8. The van der Waals surface area contributed by atoms with Crippen molar-refractivity contribution >= 4 is 22.7 Å². The highest BCUT2D eigenvalue weighted by Gasteiger charge is 2.23. The van der Waals surface area contributed by atoms with Gasteiger partial charge in [0, 0.05) is 35.4 Å². The Hall–Kier alpha value is -2.95. The van der Waals surface area contributed by atoms with Crippen LogP contribution in [-0.4, -0.2) is 28.4 Å². The second-order valence-electron chi connectivity index (χ2n) is 7.24. The van der Waals surface area contributed by atoms with Gasteiger partial charge in [0.15, 0.2) is 11.5 Å². The number of ketones is 1. The van der Waals surface area contributed by atoms with Gasteiger partial charge in [-0.25, -0.2) is 9.78 Å². The second-order valence-corrected chi connectivity index (χ2v) is 7.24. The molecule has 0 saturated carbocycles. The lowest BCUT2D eigenvalue weighted by Gasteiger charge is -2.05. The standard InChI is InChI=1S/C24H28N2O3/c1-3-4-5-6-7-10-16-26-17-20(18-12-8-9-14-21(18)26)23(27)19-13-11-15-25-22(19)24(28)29-2/h8-9,11-15,17H,3-7,10,16H2,1-2H3. The molecule has 5 heteroatoms. The monoisotopic (exact) mass is 392 g/mol. The predicted octanol–water partition coefficient (Wildman–Crippen LogP) is 5.41. The van der Waals surface area contributed by atoms with Crippen LogP contribution in [0.2, 0.25) is 0 Å². The molecule has 1 aromatic carbocycles. The molecule has 2 heterocycles. The average Bonchev–Trinajstić information content (AvgIpc) is 3.14. The third kappa shape index (κ3) is 4.73. The van der Waals surface area contributed by atoms with Crippen LogP contribution in [0.25, 0.3) is 10.9 Å². The second kappa shape index (κ2) is 10.0. The van der Waals surface area contributed by atoms with E-state index in [-0.39, 0.29) is 17.0 Å². The van der Waals surface area contributed by atoms with E-state index in [1.165, 1.54) is 45.4 Å². The number of esters is 1. The molecule has 0 aliphatic heterocycles. The van der Waals surface area contributed by atoms with Crippen molar-refractivity contribution < 1.29 is 14.3 Å². The van der Waals surface area contributed by atoms with Crippen LogP contribution in [0.3, 0.4) is 0 Å². The van der Waals surface area contributed by atoms with E-state index in [2.05, 4.69) is 16.5 Å². The van der Waals surface area contributed by atoms with Gasteiger partial charge in [0.2, 0.25) is 0 Å². The van der Waals surface area contributed by atoms with E-state index in [9.17, 15) is 9.59 Å². The van der Waals surface area contributed by atoms with Crippen molar-refractivity contribution in [1.29, 1.82) is 0 Å². The van der Waals surface area contributed by atoms with Crippen molar-refractivity contribution in [1.82, 2.24) is 9.55 Å². The Bertz CT molecular complexity index is 991. The van der Waals surface area contributed by atoms with Gasteiger partial charge in [-0.2, -0.15) is 0 Å². The SMILES string of the molecule is CCCCCCCCn1cc(C(=O)c2cccnc2C(=O)OC)c2ccccc21. The van der Waals surface area contributed by atoms with Gasteiger partial charge in [0.1, 0.15) is 0 Å². The molecule has 152 valence electrons. The van der Waals surface area contributed by atoms with E-state index in [0.717, 1.165) is 23.9 Å². The molecule has 3 aromatic rings. The Labute approximate surface area is 171 Å². The molecular weight excluding hydrogens is 364 g/mol. The Kier molecular flexibility index (Phi) is 7.17. The molecule has 29 heavy (non-hydrogen) atoms. The van der Waals surface area contributed by atoms with E-state index in [1.807, 2.05) is 30.5 Å². The molecule has 0 spiro atoms. The van der Waals surface area contributed by atoms with Gasteiger partial charge in [-0.3, -0.25) is 4.79 Å². The highest BCUT2D eigenvalue weighted by molar-refractivity contribution is 6.19. The maximum Gasteiger partial charge on any atom is 0.357 e. The number of aryl methyl sites for hydroxylation is 1. The number of nitrogens with zero attached hydrogens (tertiary/aromatic N) is 2. The lowest BCUT2D eigenvalue weighted by Crippen LogP contribution is -2.13. The van der Waals surface area contributed by atoms with Crippen molar-refractivity contribution in [2.75, 3.05) is 7.11 Å². The molecule has 5 nitrogen and oxygen atoms in total. The summed E-state index contributed by atoms with van der Waals surface area (Å²) in [5, 5.41) is 0.892. The number of ether oxygens (including phenoxy) is 1. The van der Waals surface area contributed by atoms with E-state index in [4.69, 9.17) is 4.74 Å². The molecule has 0 saturated heterocycles. The van der Waals surface area contributed by atoms with Gasteiger partial charge >= 0.3 is 5.97 Å². The molecule has 0 N–H and O–H groups in total. The number of carbonyl (C=O) groups excluding carboxylic acids is 2. The van der Waals surface area contributed by atoms with E-state index in [0.29, 0.717) is 5.56 Å². The van der Waals surface area contributed by atoms with Gasteiger partial charge in [0.05, 0.1) is 12.7 Å². The molecule has 0 aliphatic carbocycles.